The number of carbonyl (C=O) groups is 1. The van der Waals surface area contributed by atoms with Crippen molar-refractivity contribution in [2.24, 2.45) is 0 Å². The summed E-state index contributed by atoms with van der Waals surface area (Å²) in [4.78, 5) is 27.9. The van der Waals surface area contributed by atoms with Crippen LogP contribution in [-0.2, 0) is 6.54 Å². The molecule has 0 saturated carbocycles. The first-order chi connectivity index (χ1) is 13.9. The van der Waals surface area contributed by atoms with Gasteiger partial charge in [-0.2, -0.15) is 0 Å². The molecule has 1 saturated heterocycles. The normalized spacial score (nSPS) is 15.0. The van der Waals surface area contributed by atoms with E-state index >= 15 is 0 Å². The Morgan fingerprint density at radius 3 is 2.34 bits per heavy atom. The largest absolute Gasteiger partial charge is 0.477 e. The molecule has 0 bridgehead atoms. The van der Waals surface area contributed by atoms with Gasteiger partial charge in [-0.25, -0.2) is 13.6 Å². The van der Waals surface area contributed by atoms with Crippen LogP contribution in [0.5, 0.6) is 0 Å². The molecule has 29 heavy (non-hydrogen) atoms. The van der Waals surface area contributed by atoms with E-state index in [2.05, 4.69) is 4.90 Å². The molecular formula is C21H19F2N3O3. The third kappa shape index (κ3) is 3.84. The quantitative estimate of drug-likeness (QED) is 0.731. The maximum absolute atomic E-state index is 13.5. The van der Waals surface area contributed by atoms with Crippen LogP contribution in [0.15, 0.2) is 53.5 Å². The van der Waals surface area contributed by atoms with Crippen molar-refractivity contribution in [2.45, 2.75) is 6.54 Å². The number of benzene rings is 1. The number of carboxylic acid groups (broad SMARTS) is 1. The number of pyridine rings is 2. The van der Waals surface area contributed by atoms with Crippen LogP contribution in [0.3, 0.4) is 0 Å². The Morgan fingerprint density at radius 1 is 1.00 bits per heavy atom. The minimum Gasteiger partial charge on any atom is -0.477 e. The van der Waals surface area contributed by atoms with Crippen LogP contribution in [-0.4, -0.2) is 46.6 Å². The van der Waals surface area contributed by atoms with Gasteiger partial charge in [-0.3, -0.25) is 14.1 Å². The molecule has 3 aromatic rings. The van der Waals surface area contributed by atoms with E-state index < -0.39 is 23.2 Å². The van der Waals surface area contributed by atoms with E-state index in [1.165, 1.54) is 22.6 Å². The van der Waals surface area contributed by atoms with Gasteiger partial charge in [0, 0.05) is 50.7 Å². The summed E-state index contributed by atoms with van der Waals surface area (Å²) in [5.74, 6) is -2.47. The highest BCUT2D eigenvalue weighted by Gasteiger charge is 2.21. The summed E-state index contributed by atoms with van der Waals surface area (Å²) in [5, 5.41) is 9.37. The molecule has 1 aromatic carbocycles. The maximum atomic E-state index is 13.5. The van der Waals surface area contributed by atoms with Crippen molar-refractivity contribution >= 4 is 17.2 Å². The zero-order valence-corrected chi connectivity index (χ0v) is 15.5. The van der Waals surface area contributed by atoms with Crippen molar-refractivity contribution in [1.29, 1.82) is 0 Å². The summed E-state index contributed by atoms with van der Waals surface area (Å²) >= 11 is 0. The fraction of sp³-hybridized carbons (Fsp3) is 0.238. The molecule has 0 unspecified atom stereocenters. The zero-order valence-electron chi connectivity index (χ0n) is 15.5. The van der Waals surface area contributed by atoms with Crippen LogP contribution in [0.2, 0.25) is 0 Å². The number of rotatable bonds is 4. The van der Waals surface area contributed by atoms with Gasteiger partial charge in [-0.1, -0.05) is 6.07 Å². The van der Waals surface area contributed by atoms with E-state index in [9.17, 15) is 23.5 Å². The van der Waals surface area contributed by atoms with Crippen LogP contribution in [0.25, 0.3) is 5.52 Å². The highest BCUT2D eigenvalue weighted by atomic mass is 19.1. The Hall–Kier alpha value is -3.26. The second kappa shape index (κ2) is 7.63. The van der Waals surface area contributed by atoms with E-state index in [1.807, 2.05) is 4.90 Å². The predicted molar refractivity (Wildman–Crippen MR) is 104 cm³/mol. The van der Waals surface area contributed by atoms with Crippen molar-refractivity contribution < 1.29 is 18.7 Å². The summed E-state index contributed by atoms with van der Waals surface area (Å²) in [6.45, 7) is 2.91. The van der Waals surface area contributed by atoms with Gasteiger partial charge in [0.25, 0.3) is 5.56 Å². The Balaban J connectivity index is 1.55. The topological polar surface area (TPSA) is 65.3 Å². The molecule has 2 aromatic heterocycles. The minimum atomic E-state index is -1.26. The Bertz CT molecular complexity index is 1120. The van der Waals surface area contributed by atoms with Crippen molar-refractivity contribution in [3.8, 4) is 0 Å². The number of nitrogens with zero attached hydrogens (tertiary/aromatic N) is 3. The molecule has 1 N–H and O–H groups in total. The molecule has 0 aliphatic carbocycles. The van der Waals surface area contributed by atoms with Gasteiger partial charge in [0.1, 0.15) is 17.2 Å². The van der Waals surface area contributed by atoms with Crippen molar-refractivity contribution in [3.05, 3.63) is 81.8 Å². The average molecular weight is 399 g/mol. The second-order valence-corrected chi connectivity index (χ2v) is 7.04. The third-order valence-corrected chi connectivity index (χ3v) is 5.17. The third-order valence-electron chi connectivity index (χ3n) is 5.17. The Kier molecular flexibility index (Phi) is 5.02. The van der Waals surface area contributed by atoms with E-state index in [4.69, 9.17) is 0 Å². The number of piperazine rings is 1. The lowest BCUT2D eigenvalue weighted by Gasteiger charge is -2.36. The first-order valence-electron chi connectivity index (χ1n) is 9.22. The zero-order chi connectivity index (χ0) is 20.5. The molecule has 6 nitrogen and oxygen atoms in total. The lowest BCUT2D eigenvalue weighted by Crippen LogP contribution is -2.46. The van der Waals surface area contributed by atoms with Crippen molar-refractivity contribution in [2.75, 3.05) is 31.1 Å². The standard InChI is InChI=1S/C21H19F2N3O3/c22-15-10-16(23)12-17(11-15)25-7-5-24(6-8-25)13-14-9-18(21(28)29)20(27)26-4-2-1-3-19(14)26/h1-4,9-12H,5-8,13H2,(H,28,29). The summed E-state index contributed by atoms with van der Waals surface area (Å²) in [6, 6.07) is 10.2. The first kappa shape index (κ1) is 19.1. The molecule has 0 radical (unpaired) electrons. The van der Waals surface area contributed by atoms with Crippen LogP contribution >= 0.6 is 0 Å². The lowest BCUT2D eigenvalue weighted by atomic mass is 10.1. The summed E-state index contributed by atoms with van der Waals surface area (Å²) in [5.41, 5.74) is 1.09. The maximum Gasteiger partial charge on any atom is 0.341 e. The minimum absolute atomic E-state index is 0.266. The molecule has 1 aliphatic rings. The highest BCUT2D eigenvalue weighted by Crippen LogP contribution is 2.21. The first-order valence-corrected chi connectivity index (χ1v) is 9.22. The number of hydrogen-bond donors (Lipinski definition) is 1. The van der Waals surface area contributed by atoms with Gasteiger partial charge >= 0.3 is 5.97 Å². The second-order valence-electron chi connectivity index (χ2n) is 7.04. The Morgan fingerprint density at radius 2 is 1.69 bits per heavy atom. The van der Waals surface area contributed by atoms with Crippen LogP contribution in [0, 0.1) is 11.6 Å². The molecule has 8 heteroatoms. The Labute approximate surface area is 165 Å². The molecule has 3 heterocycles. The molecule has 0 atom stereocenters. The molecule has 0 amide bonds. The van der Waals surface area contributed by atoms with Crippen molar-refractivity contribution in [3.63, 3.8) is 0 Å². The van der Waals surface area contributed by atoms with Crippen molar-refractivity contribution in [1.82, 2.24) is 9.30 Å². The fourth-order valence-corrected chi connectivity index (χ4v) is 3.73. The number of hydrogen-bond acceptors (Lipinski definition) is 4. The van der Waals surface area contributed by atoms with E-state index in [0.29, 0.717) is 43.9 Å². The van der Waals surface area contributed by atoms with Crippen LogP contribution in [0.4, 0.5) is 14.5 Å². The number of aromatic nitrogens is 1. The molecule has 1 fully saturated rings. The average Bonchev–Trinajstić information content (AvgIpc) is 2.70. The monoisotopic (exact) mass is 399 g/mol. The van der Waals surface area contributed by atoms with Gasteiger partial charge in [-0.05, 0) is 35.9 Å². The molecule has 1 aliphatic heterocycles. The predicted octanol–water partition coefficient (Wildman–Crippen LogP) is 2.60. The van der Waals surface area contributed by atoms with Gasteiger partial charge < -0.3 is 10.0 Å². The lowest BCUT2D eigenvalue weighted by molar-refractivity contribution is 0.0694. The number of carboxylic acids is 1. The fourth-order valence-electron chi connectivity index (χ4n) is 3.73. The van der Waals surface area contributed by atoms with Gasteiger partial charge in [0.15, 0.2) is 0 Å². The van der Waals surface area contributed by atoms with Gasteiger partial charge in [0.2, 0.25) is 0 Å². The summed E-state index contributed by atoms with van der Waals surface area (Å²) in [7, 11) is 0. The summed E-state index contributed by atoms with van der Waals surface area (Å²) in [6.07, 6.45) is 1.56. The van der Waals surface area contributed by atoms with E-state index in [0.717, 1.165) is 11.6 Å². The number of anilines is 1. The molecule has 0 spiro atoms. The number of halogens is 2. The number of fused-ring (bicyclic) bond motifs is 1. The molecular weight excluding hydrogens is 380 g/mol. The smallest absolute Gasteiger partial charge is 0.341 e. The molecule has 150 valence electrons. The highest BCUT2D eigenvalue weighted by molar-refractivity contribution is 5.88. The number of aromatic carboxylic acids is 1. The van der Waals surface area contributed by atoms with Gasteiger partial charge in [0.05, 0.1) is 5.52 Å². The molecule has 4 rings (SSSR count). The van der Waals surface area contributed by atoms with Gasteiger partial charge in [-0.15, -0.1) is 0 Å². The SMILES string of the molecule is O=C(O)c1cc(CN2CCN(c3cc(F)cc(F)c3)CC2)c2ccccn2c1=O. The van der Waals surface area contributed by atoms with E-state index in [1.54, 1.807) is 24.4 Å². The summed E-state index contributed by atoms with van der Waals surface area (Å²) < 4.78 is 28.3. The van der Waals surface area contributed by atoms with E-state index in [-0.39, 0.29) is 5.56 Å². The van der Waals surface area contributed by atoms with Crippen LogP contribution < -0.4 is 10.5 Å². The van der Waals surface area contributed by atoms with Crippen LogP contribution in [0.1, 0.15) is 15.9 Å².